The van der Waals surface area contributed by atoms with Crippen molar-refractivity contribution in [1.29, 1.82) is 0 Å². The summed E-state index contributed by atoms with van der Waals surface area (Å²) < 4.78 is 0.332. The van der Waals surface area contributed by atoms with E-state index in [4.69, 9.17) is 10.9 Å². The van der Waals surface area contributed by atoms with Gasteiger partial charge in [0.2, 0.25) is 0 Å². The summed E-state index contributed by atoms with van der Waals surface area (Å²) in [5.74, 6) is 3.86. The molecule has 0 aliphatic carbocycles. The normalized spacial score (nSPS) is 9.85. The van der Waals surface area contributed by atoms with Crippen molar-refractivity contribution in [3.05, 3.63) is 32.6 Å². The SMILES string of the molecule is Nn1c(=O)[nH]cc(CC(=O)O)c1=O. The van der Waals surface area contributed by atoms with E-state index in [2.05, 4.69) is 4.98 Å². The molecule has 1 aromatic heterocycles. The third-order valence-corrected chi connectivity index (χ3v) is 1.42. The van der Waals surface area contributed by atoms with Crippen molar-refractivity contribution in [1.82, 2.24) is 9.66 Å². The molecule has 1 rings (SSSR count). The van der Waals surface area contributed by atoms with E-state index in [0.717, 1.165) is 6.20 Å². The molecule has 0 saturated heterocycles. The lowest BCUT2D eigenvalue weighted by Gasteiger charge is -1.98. The van der Waals surface area contributed by atoms with Crippen LogP contribution in [0.25, 0.3) is 0 Å². The number of nitrogens with one attached hydrogen (secondary N) is 1. The number of carboxylic acid groups (broad SMARTS) is 1. The molecule has 0 bridgehead atoms. The minimum atomic E-state index is -1.16. The van der Waals surface area contributed by atoms with E-state index in [9.17, 15) is 14.4 Å². The van der Waals surface area contributed by atoms with Gasteiger partial charge in [-0.2, -0.15) is 4.68 Å². The molecule has 0 aliphatic rings. The van der Waals surface area contributed by atoms with Crippen molar-refractivity contribution in [3.8, 4) is 0 Å². The van der Waals surface area contributed by atoms with Crippen LogP contribution in [0.2, 0.25) is 0 Å². The lowest BCUT2D eigenvalue weighted by Crippen LogP contribution is -2.42. The van der Waals surface area contributed by atoms with E-state index < -0.39 is 23.6 Å². The van der Waals surface area contributed by atoms with Gasteiger partial charge in [0.15, 0.2) is 0 Å². The summed E-state index contributed by atoms with van der Waals surface area (Å²) in [4.78, 5) is 34.2. The van der Waals surface area contributed by atoms with E-state index in [-0.39, 0.29) is 5.56 Å². The second-order valence-corrected chi connectivity index (χ2v) is 2.36. The molecule has 0 fully saturated rings. The van der Waals surface area contributed by atoms with Crippen molar-refractivity contribution in [2.45, 2.75) is 6.42 Å². The van der Waals surface area contributed by atoms with E-state index in [1.54, 1.807) is 0 Å². The smallest absolute Gasteiger partial charge is 0.347 e. The second-order valence-electron chi connectivity index (χ2n) is 2.36. The lowest BCUT2D eigenvalue weighted by molar-refractivity contribution is -0.136. The molecule has 1 aromatic rings. The van der Waals surface area contributed by atoms with Crippen LogP contribution in [-0.2, 0) is 11.2 Å². The van der Waals surface area contributed by atoms with E-state index in [1.807, 2.05) is 0 Å². The summed E-state index contributed by atoms with van der Waals surface area (Å²) in [5.41, 5.74) is -1.64. The van der Waals surface area contributed by atoms with Gasteiger partial charge in [-0.05, 0) is 0 Å². The largest absolute Gasteiger partial charge is 0.481 e. The molecule has 0 atom stereocenters. The highest BCUT2D eigenvalue weighted by molar-refractivity contribution is 5.69. The summed E-state index contributed by atoms with van der Waals surface area (Å²) in [6.07, 6.45) is 0.578. The van der Waals surface area contributed by atoms with Gasteiger partial charge in [0, 0.05) is 11.8 Å². The number of nitrogens with two attached hydrogens (primary N) is 1. The molecule has 13 heavy (non-hydrogen) atoms. The summed E-state index contributed by atoms with van der Waals surface area (Å²) in [6, 6.07) is 0. The topological polar surface area (TPSA) is 118 Å². The van der Waals surface area contributed by atoms with Crippen molar-refractivity contribution in [2.75, 3.05) is 5.84 Å². The number of carbonyl (C=O) groups is 1. The first-order chi connectivity index (χ1) is 6.02. The number of rotatable bonds is 2. The zero-order chi connectivity index (χ0) is 10.0. The zero-order valence-corrected chi connectivity index (χ0v) is 6.48. The number of aromatic nitrogens is 2. The molecule has 4 N–H and O–H groups in total. The van der Waals surface area contributed by atoms with Crippen LogP contribution in [0.15, 0.2) is 15.8 Å². The fourth-order valence-electron chi connectivity index (χ4n) is 0.817. The van der Waals surface area contributed by atoms with Crippen LogP contribution < -0.4 is 17.1 Å². The van der Waals surface area contributed by atoms with Gasteiger partial charge in [0.25, 0.3) is 5.56 Å². The number of carboxylic acids is 1. The molecular weight excluding hydrogens is 178 g/mol. The molecule has 0 aromatic carbocycles. The van der Waals surface area contributed by atoms with Gasteiger partial charge in [-0.3, -0.25) is 9.59 Å². The molecule has 0 unspecified atom stereocenters. The monoisotopic (exact) mass is 185 g/mol. The molecule has 0 spiro atoms. The maximum atomic E-state index is 11.1. The Morgan fingerprint density at radius 3 is 2.77 bits per heavy atom. The van der Waals surface area contributed by atoms with Crippen molar-refractivity contribution < 1.29 is 9.90 Å². The van der Waals surface area contributed by atoms with Gasteiger partial charge in [-0.15, -0.1) is 0 Å². The number of aliphatic carboxylic acids is 1. The number of nitrogens with zero attached hydrogens (tertiary/aromatic N) is 1. The number of hydrogen-bond acceptors (Lipinski definition) is 4. The third kappa shape index (κ3) is 1.75. The first kappa shape index (κ1) is 9.04. The second kappa shape index (κ2) is 3.13. The molecule has 7 heteroatoms. The molecule has 0 aliphatic heterocycles. The molecule has 1 heterocycles. The van der Waals surface area contributed by atoms with Gasteiger partial charge >= 0.3 is 11.7 Å². The highest BCUT2D eigenvalue weighted by atomic mass is 16.4. The maximum Gasteiger partial charge on any atom is 0.347 e. The molecule has 0 saturated carbocycles. The van der Waals surface area contributed by atoms with Crippen LogP contribution in [-0.4, -0.2) is 20.7 Å². The summed E-state index contributed by atoms with van der Waals surface area (Å²) in [5, 5.41) is 8.37. The van der Waals surface area contributed by atoms with Crippen LogP contribution in [0.4, 0.5) is 0 Å². The minimum Gasteiger partial charge on any atom is -0.481 e. The molecular formula is C6H7N3O4. The number of hydrogen-bond donors (Lipinski definition) is 3. The molecule has 70 valence electrons. The van der Waals surface area contributed by atoms with Crippen molar-refractivity contribution >= 4 is 5.97 Å². The molecule has 0 radical (unpaired) electrons. The Hall–Kier alpha value is -2.05. The van der Waals surface area contributed by atoms with Gasteiger partial charge < -0.3 is 15.9 Å². The Balaban J connectivity index is 3.27. The third-order valence-electron chi connectivity index (χ3n) is 1.42. The first-order valence-electron chi connectivity index (χ1n) is 3.33. The van der Waals surface area contributed by atoms with E-state index >= 15 is 0 Å². The van der Waals surface area contributed by atoms with Crippen LogP contribution in [0, 0.1) is 0 Å². The fourth-order valence-corrected chi connectivity index (χ4v) is 0.817. The van der Waals surface area contributed by atoms with E-state index in [1.165, 1.54) is 0 Å². The summed E-state index contributed by atoms with van der Waals surface area (Å²) >= 11 is 0. The fraction of sp³-hybridized carbons (Fsp3) is 0.167. The zero-order valence-electron chi connectivity index (χ0n) is 6.48. The van der Waals surface area contributed by atoms with Gasteiger partial charge in [0.05, 0.1) is 6.42 Å². The van der Waals surface area contributed by atoms with E-state index in [0.29, 0.717) is 4.68 Å². The first-order valence-corrected chi connectivity index (χ1v) is 3.33. The van der Waals surface area contributed by atoms with Crippen LogP contribution in [0.5, 0.6) is 0 Å². The Labute approximate surface area is 71.4 Å². The predicted molar refractivity (Wildman–Crippen MR) is 42.8 cm³/mol. The number of aromatic amines is 1. The van der Waals surface area contributed by atoms with Crippen LogP contribution in [0.3, 0.4) is 0 Å². The number of H-pyrrole nitrogens is 1. The predicted octanol–water partition coefficient (Wildman–Crippen LogP) is -2.12. The highest BCUT2D eigenvalue weighted by Crippen LogP contribution is 1.86. The maximum absolute atomic E-state index is 11.1. The Morgan fingerprint density at radius 2 is 2.23 bits per heavy atom. The van der Waals surface area contributed by atoms with Crippen molar-refractivity contribution in [3.63, 3.8) is 0 Å². The van der Waals surface area contributed by atoms with Crippen LogP contribution in [0.1, 0.15) is 5.56 Å². The summed E-state index contributed by atoms with van der Waals surface area (Å²) in [6.45, 7) is 0. The Kier molecular flexibility index (Phi) is 2.18. The quantitative estimate of drug-likeness (QED) is 0.455. The standard InChI is InChI=1S/C6H7N3O4/c7-9-5(12)3(1-4(10)11)2-8-6(9)13/h2H,1,7H2,(H,8,13)(H,10,11). The lowest BCUT2D eigenvalue weighted by atomic mass is 10.2. The van der Waals surface area contributed by atoms with Gasteiger partial charge in [0.1, 0.15) is 0 Å². The number of nitrogen functional groups attached to an aromatic ring is 1. The van der Waals surface area contributed by atoms with Gasteiger partial charge in [-0.1, -0.05) is 0 Å². The Bertz CT molecular complexity index is 444. The average molecular weight is 185 g/mol. The van der Waals surface area contributed by atoms with Gasteiger partial charge in [-0.25, -0.2) is 4.79 Å². The Morgan fingerprint density at radius 1 is 1.62 bits per heavy atom. The molecule has 7 nitrogen and oxygen atoms in total. The summed E-state index contributed by atoms with van der Waals surface area (Å²) in [7, 11) is 0. The highest BCUT2D eigenvalue weighted by Gasteiger charge is 2.07. The average Bonchev–Trinajstić information content (AvgIpc) is 2.06. The molecule has 0 amide bonds. The minimum absolute atomic E-state index is 0.0606. The van der Waals surface area contributed by atoms with Crippen molar-refractivity contribution in [2.24, 2.45) is 0 Å². The van der Waals surface area contributed by atoms with Crippen LogP contribution >= 0.6 is 0 Å².